The summed E-state index contributed by atoms with van der Waals surface area (Å²) < 4.78 is 8.14. The zero-order chi connectivity index (χ0) is 27.7. The second-order valence-corrected chi connectivity index (χ2v) is 11.9. The zero-order valence-corrected chi connectivity index (χ0v) is 23.8. The predicted molar refractivity (Wildman–Crippen MR) is 157 cm³/mol. The number of anilines is 1. The molecule has 4 aromatic rings. The largest absolute Gasteiger partial charge is 0.508 e. The van der Waals surface area contributed by atoms with Crippen LogP contribution in [0.5, 0.6) is 5.75 Å². The first-order chi connectivity index (χ1) is 17.9. The maximum atomic E-state index is 10.0. The molecular formula is C31H43N5O2. The summed E-state index contributed by atoms with van der Waals surface area (Å²) >= 11 is 0. The van der Waals surface area contributed by atoms with Crippen molar-refractivity contribution in [3.05, 3.63) is 58.9 Å². The van der Waals surface area contributed by atoms with Crippen LogP contribution in [0, 0.1) is 6.92 Å². The van der Waals surface area contributed by atoms with Gasteiger partial charge in [0.2, 0.25) is 0 Å². The molecule has 0 aliphatic heterocycles. The quantitative estimate of drug-likeness (QED) is 0.211. The molecule has 0 fully saturated rings. The number of hydrogen-bond acceptors (Lipinski definition) is 6. The maximum Gasteiger partial charge on any atom is 0.152 e. The van der Waals surface area contributed by atoms with Crippen molar-refractivity contribution in [1.82, 2.24) is 14.5 Å². The Kier molecular flexibility index (Phi) is 8.00. The van der Waals surface area contributed by atoms with Gasteiger partial charge in [0.05, 0.1) is 17.6 Å². The van der Waals surface area contributed by atoms with E-state index in [1.165, 1.54) is 5.56 Å². The molecule has 0 unspecified atom stereocenters. The van der Waals surface area contributed by atoms with Crippen molar-refractivity contribution in [3.63, 3.8) is 0 Å². The summed E-state index contributed by atoms with van der Waals surface area (Å²) in [5.74, 6) is 1.77. The Balaban J connectivity index is 1.75. The van der Waals surface area contributed by atoms with Gasteiger partial charge in [0, 0.05) is 30.5 Å². The Hall–Kier alpha value is -3.16. The SMILES string of the molecule is CCCCc1nc2c(N)nc3cc(C(C)(C)CCOCC(C)(C)N)ccc3c2n1Cc1ccc(O)c(C)c1. The fourth-order valence-corrected chi connectivity index (χ4v) is 4.88. The van der Waals surface area contributed by atoms with E-state index in [-0.39, 0.29) is 11.0 Å². The van der Waals surface area contributed by atoms with Crippen molar-refractivity contribution < 1.29 is 9.84 Å². The van der Waals surface area contributed by atoms with Gasteiger partial charge < -0.3 is 25.9 Å². The van der Waals surface area contributed by atoms with Crippen LogP contribution in [0.25, 0.3) is 21.9 Å². The summed E-state index contributed by atoms with van der Waals surface area (Å²) in [5.41, 5.74) is 17.9. The van der Waals surface area contributed by atoms with Crippen LogP contribution < -0.4 is 11.5 Å². The van der Waals surface area contributed by atoms with E-state index in [1.54, 1.807) is 6.07 Å². The summed E-state index contributed by atoms with van der Waals surface area (Å²) in [6.45, 7) is 14.3. The van der Waals surface area contributed by atoms with Crippen LogP contribution in [0.15, 0.2) is 36.4 Å². The number of hydrogen-bond donors (Lipinski definition) is 3. The second kappa shape index (κ2) is 10.9. The average Bonchev–Trinajstić information content (AvgIpc) is 3.21. The molecule has 0 aliphatic rings. The Morgan fingerprint density at radius 1 is 1.05 bits per heavy atom. The number of benzene rings is 2. The molecule has 38 heavy (non-hydrogen) atoms. The van der Waals surface area contributed by atoms with Crippen molar-refractivity contribution in [3.8, 4) is 5.75 Å². The third-order valence-electron chi connectivity index (χ3n) is 7.27. The molecule has 7 nitrogen and oxygen atoms in total. The van der Waals surface area contributed by atoms with E-state index in [4.69, 9.17) is 26.2 Å². The first kappa shape index (κ1) is 27.9. The average molecular weight is 518 g/mol. The van der Waals surface area contributed by atoms with Crippen molar-refractivity contribution in [2.24, 2.45) is 5.73 Å². The number of phenols is 1. The highest BCUT2D eigenvalue weighted by Crippen LogP contribution is 2.34. The molecule has 2 aromatic heterocycles. The second-order valence-electron chi connectivity index (χ2n) is 11.9. The number of nitrogens with two attached hydrogens (primary N) is 2. The highest BCUT2D eigenvalue weighted by Gasteiger charge is 2.24. The standard InChI is InChI=1S/C31H43N5O2/c1-7-8-9-26-35-27-28(36(26)18-21-10-13-25(37)20(2)16-21)23-12-11-22(17-24(23)34-29(27)32)30(3,4)14-15-38-19-31(5,6)33/h10-13,16-17,37H,7-9,14-15,18-19,33H2,1-6H3,(H2,32,34). The third-order valence-corrected chi connectivity index (χ3v) is 7.27. The van der Waals surface area contributed by atoms with Crippen LogP contribution in [0.3, 0.4) is 0 Å². The maximum absolute atomic E-state index is 10.0. The van der Waals surface area contributed by atoms with Crippen molar-refractivity contribution in [2.45, 2.75) is 84.7 Å². The van der Waals surface area contributed by atoms with Gasteiger partial charge >= 0.3 is 0 Å². The molecule has 0 spiro atoms. The van der Waals surface area contributed by atoms with Crippen molar-refractivity contribution in [1.29, 1.82) is 0 Å². The van der Waals surface area contributed by atoms with Gasteiger partial charge in [0.1, 0.15) is 17.1 Å². The summed E-state index contributed by atoms with van der Waals surface area (Å²) in [4.78, 5) is 9.77. The fraction of sp³-hybridized carbons (Fsp3) is 0.484. The lowest BCUT2D eigenvalue weighted by Gasteiger charge is -2.27. The number of imidazole rings is 1. The van der Waals surface area contributed by atoms with Gasteiger partial charge in [-0.2, -0.15) is 0 Å². The van der Waals surface area contributed by atoms with E-state index < -0.39 is 0 Å². The summed E-state index contributed by atoms with van der Waals surface area (Å²) in [5, 5.41) is 11.1. The first-order valence-corrected chi connectivity index (χ1v) is 13.6. The Morgan fingerprint density at radius 2 is 1.82 bits per heavy atom. The summed E-state index contributed by atoms with van der Waals surface area (Å²) in [6.07, 6.45) is 3.87. The topological polar surface area (TPSA) is 112 Å². The zero-order valence-electron chi connectivity index (χ0n) is 23.8. The molecule has 5 N–H and O–H groups in total. The van der Waals surface area contributed by atoms with Crippen LogP contribution >= 0.6 is 0 Å². The van der Waals surface area contributed by atoms with Gasteiger partial charge in [0.25, 0.3) is 0 Å². The number of phenolic OH excluding ortho intramolecular Hbond substituents is 1. The highest BCUT2D eigenvalue weighted by molar-refractivity contribution is 6.06. The molecule has 0 radical (unpaired) electrons. The number of aromatic nitrogens is 3. The van der Waals surface area contributed by atoms with Crippen LogP contribution in [0.4, 0.5) is 5.82 Å². The summed E-state index contributed by atoms with van der Waals surface area (Å²) in [7, 11) is 0. The number of fused-ring (bicyclic) bond motifs is 3. The fourth-order valence-electron chi connectivity index (χ4n) is 4.88. The van der Waals surface area contributed by atoms with E-state index >= 15 is 0 Å². The van der Waals surface area contributed by atoms with Gasteiger partial charge in [-0.15, -0.1) is 0 Å². The molecule has 7 heteroatoms. The Labute approximate surface area is 226 Å². The van der Waals surface area contributed by atoms with E-state index in [9.17, 15) is 5.11 Å². The van der Waals surface area contributed by atoms with Gasteiger partial charge in [0.15, 0.2) is 5.82 Å². The molecule has 204 valence electrons. The molecule has 2 aromatic carbocycles. The first-order valence-electron chi connectivity index (χ1n) is 13.6. The lowest BCUT2D eigenvalue weighted by molar-refractivity contribution is 0.0852. The molecule has 0 saturated carbocycles. The van der Waals surface area contributed by atoms with E-state index in [1.807, 2.05) is 32.9 Å². The van der Waals surface area contributed by atoms with Crippen LogP contribution in [-0.4, -0.2) is 38.4 Å². The molecule has 2 heterocycles. The molecule has 0 amide bonds. The number of aromatic hydroxyl groups is 1. The molecule has 4 rings (SSSR count). The number of rotatable bonds is 11. The number of nitrogen functional groups attached to an aromatic ring is 1. The number of ether oxygens (including phenoxy) is 1. The van der Waals surface area contributed by atoms with E-state index in [2.05, 4.69) is 43.5 Å². The minimum absolute atomic E-state index is 0.103. The van der Waals surface area contributed by atoms with Crippen LogP contribution in [-0.2, 0) is 23.1 Å². The highest BCUT2D eigenvalue weighted by atomic mass is 16.5. The monoisotopic (exact) mass is 517 g/mol. The number of unbranched alkanes of at least 4 members (excludes halogenated alkanes) is 1. The molecule has 0 aliphatic carbocycles. The molecular weight excluding hydrogens is 474 g/mol. The van der Waals surface area contributed by atoms with E-state index in [0.29, 0.717) is 31.3 Å². The van der Waals surface area contributed by atoms with Crippen LogP contribution in [0.1, 0.15) is 76.4 Å². The summed E-state index contributed by atoms with van der Waals surface area (Å²) in [6, 6.07) is 12.3. The lowest BCUT2D eigenvalue weighted by atomic mass is 9.81. The van der Waals surface area contributed by atoms with E-state index in [0.717, 1.165) is 64.6 Å². The minimum atomic E-state index is -0.336. The number of nitrogens with zero attached hydrogens (tertiary/aromatic N) is 3. The van der Waals surface area contributed by atoms with Gasteiger partial charge in [-0.05, 0) is 67.9 Å². The smallest absolute Gasteiger partial charge is 0.152 e. The van der Waals surface area contributed by atoms with Crippen molar-refractivity contribution >= 4 is 27.8 Å². The number of pyridine rings is 1. The predicted octanol–water partition coefficient (Wildman–Crippen LogP) is 5.99. The van der Waals surface area contributed by atoms with Gasteiger partial charge in [-0.1, -0.05) is 51.5 Å². The Bertz CT molecular complexity index is 1430. The van der Waals surface area contributed by atoms with Crippen molar-refractivity contribution in [2.75, 3.05) is 18.9 Å². The van der Waals surface area contributed by atoms with Gasteiger partial charge in [-0.3, -0.25) is 0 Å². The Morgan fingerprint density at radius 3 is 2.50 bits per heavy atom. The number of aryl methyl sites for hydroxylation is 2. The molecule has 0 bridgehead atoms. The van der Waals surface area contributed by atoms with Gasteiger partial charge in [-0.25, -0.2) is 9.97 Å². The normalized spacial score (nSPS) is 12.6. The molecule has 0 atom stereocenters. The van der Waals surface area contributed by atoms with Crippen LogP contribution in [0.2, 0.25) is 0 Å². The minimum Gasteiger partial charge on any atom is -0.508 e. The molecule has 0 saturated heterocycles. The lowest BCUT2D eigenvalue weighted by Crippen LogP contribution is -2.37. The third kappa shape index (κ3) is 6.11.